The van der Waals surface area contributed by atoms with Crippen molar-refractivity contribution >= 4 is 23.2 Å². The standard InChI is InChI=1S/C18H14ClF3N4O/c1-10-7-11(2)26(25-10)15-4-3-13(18(20,21)22)9-14(15)24-17(27)12-5-6-23-16(19)8-12/h3-9H,1-2H3,(H,24,27). The molecule has 0 spiro atoms. The first-order valence-corrected chi connectivity index (χ1v) is 8.21. The Labute approximate surface area is 157 Å². The molecule has 3 rings (SSSR count). The van der Waals surface area contributed by atoms with Gasteiger partial charge in [0.05, 0.1) is 22.6 Å². The molecule has 0 unspecified atom stereocenters. The van der Waals surface area contributed by atoms with E-state index in [-0.39, 0.29) is 16.4 Å². The number of nitrogens with one attached hydrogen (secondary N) is 1. The summed E-state index contributed by atoms with van der Waals surface area (Å²) in [5.74, 6) is -0.610. The summed E-state index contributed by atoms with van der Waals surface area (Å²) in [6.07, 6.45) is -3.21. The number of nitrogens with zero attached hydrogens (tertiary/aromatic N) is 3. The molecule has 0 atom stereocenters. The smallest absolute Gasteiger partial charge is 0.320 e. The van der Waals surface area contributed by atoms with E-state index >= 15 is 0 Å². The molecular formula is C18H14ClF3N4O. The maximum absolute atomic E-state index is 13.1. The molecule has 0 aliphatic rings. The highest BCUT2D eigenvalue weighted by Crippen LogP contribution is 2.34. The number of pyridine rings is 1. The predicted molar refractivity (Wildman–Crippen MR) is 95.2 cm³/mol. The van der Waals surface area contributed by atoms with E-state index in [4.69, 9.17) is 11.6 Å². The van der Waals surface area contributed by atoms with Gasteiger partial charge in [0, 0.05) is 17.5 Å². The maximum Gasteiger partial charge on any atom is 0.416 e. The molecule has 2 heterocycles. The summed E-state index contributed by atoms with van der Waals surface area (Å²) in [5, 5.41) is 6.90. The van der Waals surface area contributed by atoms with Gasteiger partial charge in [0.25, 0.3) is 5.91 Å². The van der Waals surface area contributed by atoms with Crippen molar-refractivity contribution in [2.45, 2.75) is 20.0 Å². The van der Waals surface area contributed by atoms with Gasteiger partial charge in [0.2, 0.25) is 0 Å². The van der Waals surface area contributed by atoms with Crippen molar-refractivity contribution in [2.24, 2.45) is 0 Å². The van der Waals surface area contributed by atoms with Crippen molar-refractivity contribution in [3.63, 3.8) is 0 Å². The van der Waals surface area contributed by atoms with Crippen molar-refractivity contribution in [1.29, 1.82) is 0 Å². The van der Waals surface area contributed by atoms with Crippen LogP contribution in [0.15, 0.2) is 42.6 Å². The van der Waals surface area contributed by atoms with Gasteiger partial charge in [-0.1, -0.05) is 11.6 Å². The van der Waals surface area contributed by atoms with Crippen molar-refractivity contribution in [3.05, 3.63) is 70.3 Å². The molecule has 0 bridgehead atoms. The summed E-state index contributed by atoms with van der Waals surface area (Å²) in [7, 11) is 0. The van der Waals surface area contributed by atoms with Crippen LogP contribution >= 0.6 is 11.6 Å². The fourth-order valence-corrected chi connectivity index (χ4v) is 2.78. The number of aromatic nitrogens is 3. The molecule has 0 saturated heterocycles. The van der Waals surface area contributed by atoms with Crippen LogP contribution in [0.5, 0.6) is 0 Å². The molecule has 1 N–H and O–H groups in total. The van der Waals surface area contributed by atoms with E-state index in [0.717, 1.165) is 17.8 Å². The fraction of sp³-hybridized carbons (Fsp3) is 0.167. The van der Waals surface area contributed by atoms with Crippen LogP contribution in [-0.4, -0.2) is 20.7 Å². The van der Waals surface area contributed by atoms with Gasteiger partial charge in [0.15, 0.2) is 0 Å². The van der Waals surface area contributed by atoms with Gasteiger partial charge in [-0.15, -0.1) is 0 Å². The number of aryl methyl sites for hydroxylation is 2. The Morgan fingerprint density at radius 3 is 2.48 bits per heavy atom. The zero-order valence-electron chi connectivity index (χ0n) is 14.3. The third-order valence-corrected chi connectivity index (χ3v) is 4.01. The highest BCUT2D eigenvalue weighted by molar-refractivity contribution is 6.29. The second kappa shape index (κ2) is 7.03. The van der Waals surface area contributed by atoms with E-state index in [1.807, 2.05) is 0 Å². The second-order valence-electron chi connectivity index (χ2n) is 5.89. The summed E-state index contributed by atoms with van der Waals surface area (Å²) < 4.78 is 40.9. The second-order valence-corrected chi connectivity index (χ2v) is 6.28. The Bertz CT molecular complexity index is 1010. The monoisotopic (exact) mass is 394 g/mol. The van der Waals surface area contributed by atoms with Crippen LogP contribution in [0.4, 0.5) is 18.9 Å². The lowest BCUT2D eigenvalue weighted by Gasteiger charge is -2.15. The highest BCUT2D eigenvalue weighted by Gasteiger charge is 2.31. The van der Waals surface area contributed by atoms with E-state index in [1.54, 1.807) is 19.9 Å². The van der Waals surface area contributed by atoms with Crippen LogP contribution in [0, 0.1) is 13.8 Å². The number of rotatable bonds is 3. The highest BCUT2D eigenvalue weighted by atomic mass is 35.5. The van der Waals surface area contributed by atoms with Gasteiger partial charge in [-0.25, -0.2) is 9.67 Å². The number of alkyl halides is 3. The van der Waals surface area contributed by atoms with Gasteiger partial charge in [-0.05, 0) is 50.2 Å². The van der Waals surface area contributed by atoms with E-state index < -0.39 is 17.6 Å². The first kappa shape index (κ1) is 18.9. The van der Waals surface area contributed by atoms with Crippen LogP contribution in [0.2, 0.25) is 5.15 Å². The maximum atomic E-state index is 13.1. The van der Waals surface area contributed by atoms with Gasteiger partial charge < -0.3 is 5.32 Å². The Kier molecular flexibility index (Phi) is 4.93. The number of benzene rings is 1. The molecule has 0 aliphatic carbocycles. The van der Waals surface area contributed by atoms with Crippen LogP contribution in [0.3, 0.4) is 0 Å². The van der Waals surface area contributed by atoms with Crippen molar-refractivity contribution in [3.8, 4) is 5.69 Å². The number of hydrogen-bond donors (Lipinski definition) is 1. The Morgan fingerprint density at radius 1 is 1.15 bits per heavy atom. The molecule has 0 fully saturated rings. The van der Waals surface area contributed by atoms with Crippen LogP contribution in [-0.2, 0) is 6.18 Å². The normalized spacial score (nSPS) is 11.5. The average Bonchev–Trinajstić information content (AvgIpc) is 2.92. The lowest BCUT2D eigenvalue weighted by molar-refractivity contribution is -0.137. The molecule has 1 aromatic carbocycles. The third-order valence-electron chi connectivity index (χ3n) is 3.80. The summed E-state index contributed by atoms with van der Waals surface area (Å²) in [4.78, 5) is 16.3. The lowest BCUT2D eigenvalue weighted by atomic mass is 10.1. The van der Waals surface area contributed by atoms with Crippen molar-refractivity contribution < 1.29 is 18.0 Å². The summed E-state index contributed by atoms with van der Waals surface area (Å²) in [6, 6.07) is 7.63. The Hall–Kier alpha value is -2.87. The zero-order chi connectivity index (χ0) is 19.8. The van der Waals surface area contributed by atoms with Crippen LogP contribution < -0.4 is 5.32 Å². The van der Waals surface area contributed by atoms with E-state index in [1.165, 1.54) is 29.1 Å². The largest absolute Gasteiger partial charge is 0.416 e. The Balaban J connectivity index is 2.07. The minimum absolute atomic E-state index is 0.0195. The van der Waals surface area contributed by atoms with E-state index in [9.17, 15) is 18.0 Å². The number of carbonyl (C=O) groups is 1. The average molecular weight is 395 g/mol. The molecule has 5 nitrogen and oxygen atoms in total. The Morgan fingerprint density at radius 2 is 1.89 bits per heavy atom. The number of amides is 1. The third kappa shape index (κ3) is 4.11. The van der Waals surface area contributed by atoms with E-state index in [2.05, 4.69) is 15.4 Å². The molecule has 140 valence electrons. The molecule has 0 saturated carbocycles. The summed E-state index contributed by atoms with van der Waals surface area (Å²) in [6.45, 7) is 3.54. The van der Waals surface area contributed by atoms with Gasteiger partial charge in [0.1, 0.15) is 5.15 Å². The molecule has 2 aromatic heterocycles. The minimum atomic E-state index is -4.55. The quantitative estimate of drug-likeness (QED) is 0.648. The van der Waals surface area contributed by atoms with Gasteiger partial charge in [-0.2, -0.15) is 18.3 Å². The molecule has 27 heavy (non-hydrogen) atoms. The summed E-state index contributed by atoms with van der Waals surface area (Å²) in [5.41, 5.74) is 1.01. The zero-order valence-corrected chi connectivity index (χ0v) is 15.1. The molecule has 9 heteroatoms. The molecule has 0 radical (unpaired) electrons. The molecule has 0 aliphatic heterocycles. The fourth-order valence-electron chi connectivity index (χ4n) is 2.61. The number of hydrogen-bond acceptors (Lipinski definition) is 3. The lowest BCUT2D eigenvalue weighted by Crippen LogP contribution is -2.16. The first-order chi connectivity index (χ1) is 12.6. The van der Waals surface area contributed by atoms with E-state index in [0.29, 0.717) is 11.4 Å². The van der Waals surface area contributed by atoms with Crippen molar-refractivity contribution in [1.82, 2.24) is 14.8 Å². The predicted octanol–water partition coefficient (Wildman–Crippen LogP) is 4.81. The molecule has 1 amide bonds. The molecular weight excluding hydrogens is 381 g/mol. The topological polar surface area (TPSA) is 59.8 Å². The molecule has 3 aromatic rings. The van der Waals surface area contributed by atoms with Gasteiger partial charge in [-0.3, -0.25) is 4.79 Å². The van der Waals surface area contributed by atoms with Crippen molar-refractivity contribution in [2.75, 3.05) is 5.32 Å². The number of halogens is 4. The first-order valence-electron chi connectivity index (χ1n) is 7.83. The number of anilines is 1. The number of carbonyl (C=O) groups excluding carboxylic acids is 1. The summed E-state index contributed by atoms with van der Waals surface area (Å²) >= 11 is 5.77. The SMILES string of the molecule is Cc1cc(C)n(-c2ccc(C(F)(F)F)cc2NC(=O)c2ccnc(Cl)c2)n1. The van der Waals surface area contributed by atoms with Gasteiger partial charge >= 0.3 is 6.18 Å². The van der Waals surface area contributed by atoms with Crippen LogP contribution in [0.25, 0.3) is 5.69 Å². The van der Waals surface area contributed by atoms with Crippen LogP contribution in [0.1, 0.15) is 27.3 Å². The minimum Gasteiger partial charge on any atom is -0.320 e.